The number of guanidine groups is 1. The maximum Gasteiger partial charge on any atom is 0.196 e. The van der Waals surface area contributed by atoms with Crippen LogP contribution in [0.3, 0.4) is 0 Å². The molecule has 1 spiro atoms. The molecule has 102 valence electrons. The van der Waals surface area contributed by atoms with Gasteiger partial charge in [0.15, 0.2) is 5.96 Å². The first-order chi connectivity index (χ1) is 9.13. The van der Waals surface area contributed by atoms with E-state index in [9.17, 15) is 0 Å². The standard InChI is InChI=1S/C16H23N3/c1-12-6-5-8-14(10-12)19-15(17)18-11-16(19)9-4-3-7-13(16)2/h5-6,8,10,13H,3-4,7,9,11H2,1-2H3,(H2,17,18). The largest absolute Gasteiger partial charge is 0.369 e. The van der Waals surface area contributed by atoms with Crippen LogP contribution in [0.25, 0.3) is 0 Å². The molecule has 3 rings (SSSR count). The van der Waals surface area contributed by atoms with Crippen LogP contribution in [0.4, 0.5) is 5.69 Å². The molecule has 19 heavy (non-hydrogen) atoms. The number of hydrogen-bond donors (Lipinski definition) is 1. The minimum absolute atomic E-state index is 0.121. The SMILES string of the molecule is Cc1cccc(N2C(N)=NCC23CCCCC3C)c1. The molecule has 1 saturated carbocycles. The number of rotatable bonds is 1. The molecule has 2 aliphatic rings. The summed E-state index contributed by atoms with van der Waals surface area (Å²) in [6, 6.07) is 8.61. The number of benzene rings is 1. The molecule has 1 aliphatic heterocycles. The number of nitrogens with two attached hydrogens (primary N) is 1. The van der Waals surface area contributed by atoms with Crippen LogP contribution in [0.15, 0.2) is 29.3 Å². The lowest BCUT2D eigenvalue weighted by Crippen LogP contribution is -2.57. The van der Waals surface area contributed by atoms with Gasteiger partial charge in [-0.05, 0) is 43.4 Å². The van der Waals surface area contributed by atoms with E-state index in [4.69, 9.17) is 5.73 Å². The van der Waals surface area contributed by atoms with E-state index < -0.39 is 0 Å². The normalized spacial score (nSPS) is 30.7. The summed E-state index contributed by atoms with van der Waals surface area (Å²) in [6.07, 6.45) is 5.11. The van der Waals surface area contributed by atoms with Crippen molar-refractivity contribution in [3.8, 4) is 0 Å². The average molecular weight is 257 g/mol. The fraction of sp³-hybridized carbons (Fsp3) is 0.562. The van der Waals surface area contributed by atoms with Crippen molar-refractivity contribution < 1.29 is 0 Å². The quantitative estimate of drug-likeness (QED) is 0.840. The van der Waals surface area contributed by atoms with E-state index in [1.54, 1.807) is 0 Å². The highest BCUT2D eigenvalue weighted by atomic mass is 15.4. The van der Waals surface area contributed by atoms with Crippen molar-refractivity contribution in [3.05, 3.63) is 29.8 Å². The number of aryl methyl sites for hydroxylation is 1. The van der Waals surface area contributed by atoms with E-state index in [-0.39, 0.29) is 5.54 Å². The van der Waals surface area contributed by atoms with E-state index in [2.05, 4.69) is 48.0 Å². The molecule has 0 radical (unpaired) electrons. The molecule has 1 aromatic rings. The molecule has 1 aromatic carbocycles. The van der Waals surface area contributed by atoms with Crippen LogP contribution >= 0.6 is 0 Å². The van der Waals surface area contributed by atoms with Gasteiger partial charge in [0.2, 0.25) is 0 Å². The monoisotopic (exact) mass is 257 g/mol. The number of nitrogens with zero attached hydrogens (tertiary/aromatic N) is 2. The summed E-state index contributed by atoms with van der Waals surface area (Å²) < 4.78 is 0. The van der Waals surface area contributed by atoms with Gasteiger partial charge in [-0.1, -0.05) is 31.9 Å². The van der Waals surface area contributed by atoms with Gasteiger partial charge in [-0.2, -0.15) is 0 Å². The minimum Gasteiger partial charge on any atom is -0.369 e. The summed E-state index contributed by atoms with van der Waals surface area (Å²) in [7, 11) is 0. The zero-order valence-corrected chi connectivity index (χ0v) is 11.9. The fourth-order valence-electron chi connectivity index (χ4n) is 3.71. The smallest absolute Gasteiger partial charge is 0.196 e. The second kappa shape index (κ2) is 4.55. The van der Waals surface area contributed by atoms with Crippen molar-refractivity contribution >= 4 is 11.6 Å². The van der Waals surface area contributed by atoms with Crippen LogP contribution in [0, 0.1) is 12.8 Å². The van der Waals surface area contributed by atoms with E-state index in [0.29, 0.717) is 11.9 Å². The third kappa shape index (κ3) is 1.92. The Hall–Kier alpha value is -1.51. The molecule has 3 nitrogen and oxygen atoms in total. The highest BCUT2D eigenvalue weighted by molar-refractivity contribution is 5.98. The highest BCUT2D eigenvalue weighted by Crippen LogP contribution is 2.43. The Kier molecular flexibility index (Phi) is 3.00. The van der Waals surface area contributed by atoms with Crippen molar-refractivity contribution in [2.75, 3.05) is 11.4 Å². The van der Waals surface area contributed by atoms with Crippen LogP contribution in [-0.2, 0) is 0 Å². The lowest BCUT2D eigenvalue weighted by atomic mass is 9.73. The molecule has 0 aromatic heterocycles. The van der Waals surface area contributed by atoms with Crippen LogP contribution < -0.4 is 10.6 Å². The van der Waals surface area contributed by atoms with E-state index >= 15 is 0 Å². The summed E-state index contributed by atoms with van der Waals surface area (Å²) in [5.41, 5.74) is 8.80. The second-order valence-electron chi connectivity index (χ2n) is 6.10. The van der Waals surface area contributed by atoms with Gasteiger partial charge >= 0.3 is 0 Å². The van der Waals surface area contributed by atoms with E-state index in [0.717, 1.165) is 6.54 Å². The third-order valence-corrected chi connectivity index (χ3v) is 4.86. The maximum absolute atomic E-state index is 6.20. The van der Waals surface area contributed by atoms with Crippen LogP contribution in [0.1, 0.15) is 38.2 Å². The first-order valence-electron chi connectivity index (χ1n) is 7.30. The Labute approximate surface area is 115 Å². The average Bonchev–Trinajstić information content (AvgIpc) is 2.71. The maximum atomic E-state index is 6.20. The summed E-state index contributed by atoms with van der Waals surface area (Å²) in [4.78, 5) is 6.88. The predicted octanol–water partition coefficient (Wildman–Crippen LogP) is 3.08. The Morgan fingerprint density at radius 2 is 2.21 bits per heavy atom. The summed E-state index contributed by atoms with van der Waals surface area (Å²) in [5.74, 6) is 1.34. The Morgan fingerprint density at radius 3 is 2.95 bits per heavy atom. The van der Waals surface area contributed by atoms with Gasteiger partial charge in [0.25, 0.3) is 0 Å². The van der Waals surface area contributed by atoms with Gasteiger partial charge in [-0.3, -0.25) is 4.99 Å². The molecular weight excluding hydrogens is 234 g/mol. The number of aliphatic imine (C=N–C) groups is 1. The molecule has 0 amide bonds. The fourth-order valence-corrected chi connectivity index (χ4v) is 3.71. The van der Waals surface area contributed by atoms with Crippen LogP contribution in [0.5, 0.6) is 0 Å². The molecule has 1 aliphatic carbocycles. The van der Waals surface area contributed by atoms with Gasteiger partial charge < -0.3 is 10.6 Å². The molecular formula is C16H23N3. The third-order valence-electron chi connectivity index (χ3n) is 4.86. The zero-order valence-electron chi connectivity index (χ0n) is 11.9. The van der Waals surface area contributed by atoms with Crippen molar-refractivity contribution in [1.82, 2.24) is 0 Å². The topological polar surface area (TPSA) is 41.6 Å². The van der Waals surface area contributed by atoms with Crippen molar-refractivity contribution in [3.63, 3.8) is 0 Å². The van der Waals surface area contributed by atoms with Gasteiger partial charge in [0, 0.05) is 5.69 Å². The Bertz CT molecular complexity index is 508. The van der Waals surface area contributed by atoms with Crippen LogP contribution in [0.2, 0.25) is 0 Å². The van der Waals surface area contributed by atoms with Gasteiger partial charge in [0.05, 0.1) is 12.1 Å². The van der Waals surface area contributed by atoms with Crippen LogP contribution in [-0.4, -0.2) is 18.0 Å². The first kappa shape index (κ1) is 12.5. The lowest BCUT2D eigenvalue weighted by Gasteiger charge is -2.46. The summed E-state index contributed by atoms with van der Waals surface area (Å²) in [5, 5.41) is 0. The summed E-state index contributed by atoms with van der Waals surface area (Å²) >= 11 is 0. The van der Waals surface area contributed by atoms with Crippen molar-refractivity contribution in [1.29, 1.82) is 0 Å². The van der Waals surface area contributed by atoms with E-state index in [1.165, 1.54) is 36.9 Å². The van der Waals surface area contributed by atoms with Gasteiger partial charge in [-0.15, -0.1) is 0 Å². The second-order valence-corrected chi connectivity index (χ2v) is 6.10. The summed E-state index contributed by atoms with van der Waals surface area (Å²) in [6.45, 7) is 5.34. The molecule has 2 atom stereocenters. The predicted molar refractivity (Wildman–Crippen MR) is 80.5 cm³/mol. The van der Waals surface area contributed by atoms with Crippen molar-refractivity contribution in [2.24, 2.45) is 16.6 Å². The molecule has 3 heteroatoms. The molecule has 2 unspecified atom stereocenters. The van der Waals surface area contributed by atoms with Gasteiger partial charge in [-0.25, -0.2) is 0 Å². The molecule has 2 N–H and O–H groups in total. The minimum atomic E-state index is 0.121. The highest BCUT2D eigenvalue weighted by Gasteiger charge is 2.48. The zero-order chi connectivity index (χ0) is 13.5. The van der Waals surface area contributed by atoms with Gasteiger partial charge in [0.1, 0.15) is 0 Å². The number of anilines is 1. The van der Waals surface area contributed by atoms with E-state index in [1.807, 2.05) is 0 Å². The molecule has 1 fully saturated rings. The van der Waals surface area contributed by atoms with Crippen molar-refractivity contribution in [2.45, 2.75) is 45.1 Å². The molecule has 1 heterocycles. The molecule has 0 saturated heterocycles. The molecule has 0 bridgehead atoms. The Balaban J connectivity index is 2.03. The lowest BCUT2D eigenvalue weighted by molar-refractivity contribution is 0.224. The first-order valence-corrected chi connectivity index (χ1v) is 7.30. The number of hydrogen-bond acceptors (Lipinski definition) is 3. The Morgan fingerprint density at radius 1 is 1.37 bits per heavy atom.